The van der Waals surface area contributed by atoms with Gasteiger partial charge in [-0.3, -0.25) is 0 Å². The molecule has 2 aromatic rings. The minimum Gasteiger partial charge on any atom is -0.478 e. The highest BCUT2D eigenvalue weighted by Gasteiger charge is 2.30. The van der Waals surface area contributed by atoms with Crippen molar-refractivity contribution in [1.29, 1.82) is 0 Å². The molecule has 0 saturated carbocycles. The molecule has 3 N–H and O–H groups in total. The molecule has 0 amide bonds. The molecule has 0 aliphatic heterocycles. The van der Waals surface area contributed by atoms with Crippen molar-refractivity contribution in [2.45, 2.75) is 6.92 Å². The Bertz CT molecular complexity index is 980. The summed E-state index contributed by atoms with van der Waals surface area (Å²) < 4.78 is 4.76. The van der Waals surface area contributed by atoms with E-state index in [1.165, 1.54) is 6.92 Å². The molecule has 0 aliphatic rings. The predicted molar refractivity (Wildman–Crippen MR) is 96.2 cm³/mol. The molecular weight excluding hydrogens is 480 g/mol. The zero-order valence-electron chi connectivity index (χ0n) is 13.0. The summed E-state index contributed by atoms with van der Waals surface area (Å²) in [6, 6.07) is 2.05. The number of carbonyl (C=O) groups excluding carboxylic acids is 1. The summed E-state index contributed by atoms with van der Waals surface area (Å²) in [6.45, 7) is 1.52. The fourth-order valence-corrected chi connectivity index (χ4v) is 3.70. The SMILES string of the molecule is CCOC(=O)c1c(Br)cc(C(=O)O)c2c(C(=O)O)c(Br)cc(C(=O)O)c12. The third kappa shape index (κ3) is 3.29. The van der Waals surface area contributed by atoms with Crippen LogP contribution in [0.1, 0.15) is 48.4 Å². The number of hydrogen-bond acceptors (Lipinski definition) is 5. The van der Waals surface area contributed by atoms with E-state index in [1.54, 1.807) is 0 Å². The first-order chi connectivity index (χ1) is 12.1. The number of ether oxygens (including phenoxy) is 1. The molecule has 0 spiro atoms. The highest BCUT2D eigenvalue weighted by atomic mass is 79.9. The van der Waals surface area contributed by atoms with Crippen LogP contribution in [-0.4, -0.2) is 45.8 Å². The minimum atomic E-state index is -1.49. The molecule has 0 heterocycles. The molecule has 0 bridgehead atoms. The normalized spacial score (nSPS) is 10.6. The third-order valence-corrected chi connectivity index (χ3v) is 4.71. The van der Waals surface area contributed by atoms with Gasteiger partial charge in [0.1, 0.15) is 0 Å². The summed E-state index contributed by atoms with van der Waals surface area (Å²) in [5.41, 5.74) is -1.65. The Hall–Kier alpha value is -2.46. The number of hydrogen-bond donors (Lipinski definition) is 3. The van der Waals surface area contributed by atoms with Gasteiger partial charge in [0.25, 0.3) is 0 Å². The van der Waals surface area contributed by atoms with Crippen LogP contribution in [0.3, 0.4) is 0 Å². The lowest BCUT2D eigenvalue weighted by Gasteiger charge is -2.16. The highest BCUT2D eigenvalue weighted by Crippen LogP contribution is 2.38. The van der Waals surface area contributed by atoms with Crippen molar-refractivity contribution >= 4 is 66.5 Å². The molecule has 2 aromatic carbocycles. The first-order valence-electron chi connectivity index (χ1n) is 6.97. The van der Waals surface area contributed by atoms with Gasteiger partial charge in [0.15, 0.2) is 0 Å². The fraction of sp³-hybridized carbons (Fsp3) is 0.125. The maximum Gasteiger partial charge on any atom is 0.339 e. The maximum absolute atomic E-state index is 12.3. The molecule has 26 heavy (non-hydrogen) atoms. The zero-order valence-corrected chi connectivity index (χ0v) is 16.2. The number of carbonyl (C=O) groups is 4. The van der Waals surface area contributed by atoms with Gasteiger partial charge < -0.3 is 20.1 Å². The van der Waals surface area contributed by atoms with Crippen LogP contribution in [0.15, 0.2) is 21.1 Å². The van der Waals surface area contributed by atoms with Gasteiger partial charge in [0, 0.05) is 19.7 Å². The van der Waals surface area contributed by atoms with Crippen LogP contribution >= 0.6 is 31.9 Å². The lowest BCUT2D eigenvalue weighted by molar-refractivity contribution is 0.0525. The Morgan fingerprint density at radius 2 is 1.27 bits per heavy atom. The molecule has 0 saturated heterocycles. The number of halogens is 2. The van der Waals surface area contributed by atoms with Gasteiger partial charge >= 0.3 is 23.9 Å². The van der Waals surface area contributed by atoms with Crippen LogP contribution in [0.2, 0.25) is 0 Å². The van der Waals surface area contributed by atoms with Gasteiger partial charge in [-0.1, -0.05) is 0 Å². The summed E-state index contributed by atoms with van der Waals surface area (Å²) >= 11 is 6.02. The van der Waals surface area contributed by atoms with Gasteiger partial charge in [-0.05, 0) is 50.9 Å². The molecule has 0 atom stereocenters. The molecule has 0 fully saturated rings. The molecule has 10 heteroatoms. The summed E-state index contributed by atoms with van der Waals surface area (Å²) in [5, 5.41) is 27.8. The number of fused-ring (bicyclic) bond motifs is 1. The van der Waals surface area contributed by atoms with E-state index < -0.39 is 40.6 Å². The van der Waals surface area contributed by atoms with Gasteiger partial charge in [-0.25, -0.2) is 19.2 Å². The Morgan fingerprint density at radius 1 is 0.846 bits per heavy atom. The lowest BCUT2D eigenvalue weighted by Crippen LogP contribution is -2.14. The number of carboxylic acid groups (broad SMARTS) is 3. The van der Waals surface area contributed by atoms with E-state index in [-0.39, 0.29) is 31.9 Å². The monoisotopic (exact) mass is 488 g/mol. The standard InChI is InChI=1S/C16H10Br2O8/c1-2-26-16(25)12-8(18)4-5(13(19)20)9-10(12)6(14(21)22)3-7(17)11(9)15(23)24/h3-4H,2H2,1H3,(H,19,20)(H,21,22)(H,23,24). The molecule has 0 unspecified atom stereocenters. The second kappa shape index (κ2) is 7.42. The molecule has 136 valence electrons. The number of rotatable bonds is 5. The second-order valence-corrected chi connectivity index (χ2v) is 6.66. The maximum atomic E-state index is 12.3. The number of aromatic carboxylic acids is 3. The number of esters is 1. The molecule has 0 aromatic heterocycles. The van der Waals surface area contributed by atoms with Gasteiger partial charge in [0.05, 0.1) is 28.9 Å². The van der Waals surface area contributed by atoms with Gasteiger partial charge in [0.2, 0.25) is 0 Å². The van der Waals surface area contributed by atoms with E-state index in [1.807, 2.05) is 0 Å². The Kier molecular flexibility index (Phi) is 5.67. The van der Waals surface area contributed by atoms with Crippen LogP contribution in [-0.2, 0) is 4.74 Å². The van der Waals surface area contributed by atoms with E-state index >= 15 is 0 Å². The summed E-state index contributed by atoms with van der Waals surface area (Å²) in [5.74, 6) is -5.35. The number of benzene rings is 2. The van der Waals surface area contributed by atoms with Gasteiger partial charge in [-0.2, -0.15) is 0 Å². The van der Waals surface area contributed by atoms with Crippen LogP contribution in [0, 0.1) is 0 Å². The average molecular weight is 490 g/mol. The minimum absolute atomic E-state index is 0.0157. The second-order valence-electron chi connectivity index (χ2n) is 4.95. The quantitative estimate of drug-likeness (QED) is 0.541. The van der Waals surface area contributed by atoms with Crippen LogP contribution in [0.5, 0.6) is 0 Å². The van der Waals surface area contributed by atoms with Gasteiger partial charge in [-0.15, -0.1) is 0 Å². The fourth-order valence-electron chi connectivity index (χ4n) is 2.52. The predicted octanol–water partition coefficient (Wildman–Crippen LogP) is 3.64. The first-order valence-corrected chi connectivity index (χ1v) is 8.56. The van der Waals surface area contributed by atoms with Crippen molar-refractivity contribution < 1.29 is 39.2 Å². The summed E-state index contributed by atoms with van der Waals surface area (Å²) in [6.07, 6.45) is 0. The van der Waals surface area contributed by atoms with E-state index in [9.17, 15) is 34.5 Å². The summed E-state index contributed by atoms with van der Waals surface area (Å²) in [7, 11) is 0. The zero-order chi connectivity index (χ0) is 19.8. The van der Waals surface area contributed by atoms with Crippen molar-refractivity contribution in [3.63, 3.8) is 0 Å². The largest absolute Gasteiger partial charge is 0.478 e. The lowest BCUT2D eigenvalue weighted by atomic mass is 9.91. The van der Waals surface area contributed by atoms with Crippen molar-refractivity contribution in [1.82, 2.24) is 0 Å². The van der Waals surface area contributed by atoms with Crippen LogP contribution in [0.25, 0.3) is 10.8 Å². The van der Waals surface area contributed by atoms with E-state index in [2.05, 4.69) is 31.9 Å². The highest BCUT2D eigenvalue weighted by molar-refractivity contribution is 9.10. The molecule has 8 nitrogen and oxygen atoms in total. The molecule has 0 radical (unpaired) electrons. The van der Waals surface area contributed by atoms with E-state index in [4.69, 9.17) is 4.74 Å². The van der Waals surface area contributed by atoms with Crippen molar-refractivity contribution in [3.8, 4) is 0 Å². The Balaban J connectivity index is 3.24. The van der Waals surface area contributed by atoms with Crippen LogP contribution < -0.4 is 0 Å². The Morgan fingerprint density at radius 3 is 1.65 bits per heavy atom. The molecule has 2 rings (SSSR count). The van der Waals surface area contributed by atoms with Crippen molar-refractivity contribution in [2.24, 2.45) is 0 Å². The first kappa shape index (κ1) is 19.9. The molecule has 0 aliphatic carbocycles. The Labute approximate surface area is 162 Å². The smallest absolute Gasteiger partial charge is 0.339 e. The average Bonchev–Trinajstić information content (AvgIpc) is 2.52. The third-order valence-electron chi connectivity index (χ3n) is 3.46. The number of carboxylic acids is 3. The van der Waals surface area contributed by atoms with E-state index in [0.717, 1.165) is 12.1 Å². The summed E-state index contributed by atoms with van der Waals surface area (Å²) in [4.78, 5) is 47.4. The van der Waals surface area contributed by atoms with E-state index in [0.29, 0.717) is 0 Å². The molecular formula is C16H10Br2O8. The van der Waals surface area contributed by atoms with Crippen LogP contribution in [0.4, 0.5) is 0 Å². The van der Waals surface area contributed by atoms with Crippen molar-refractivity contribution in [2.75, 3.05) is 6.61 Å². The topological polar surface area (TPSA) is 138 Å². The van der Waals surface area contributed by atoms with Crippen molar-refractivity contribution in [3.05, 3.63) is 43.3 Å².